The molecular weight excluding hydrogens is 318 g/mol. The number of hydrogen-bond acceptors (Lipinski definition) is 6. The third-order valence-corrected chi connectivity index (χ3v) is 4.89. The van der Waals surface area contributed by atoms with Crippen LogP contribution in [0.15, 0.2) is 43.0 Å². The molecule has 2 aliphatic heterocycles. The van der Waals surface area contributed by atoms with Crippen LogP contribution in [-0.2, 0) is 16.1 Å². The van der Waals surface area contributed by atoms with Gasteiger partial charge in [-0.15, -0.1) is 0 Å². The Bertz CT molecular complexity index is 712. The molecule has 1 amide bonds. The molecule has 3 atom stereocenters. The largest absolute Gasteiger partial charge is 0.377 e. The van der Waals surface area contributed by atoms with Gasteiger partial charge in [0.2, 0.25) is 5.91 Å². The minimum absolute atomic E-state index is 0.0273. The number of likely N-dealkylation sites (tertiary alicyclic amines) is 1. The first kappa shape index (κ1) is 16.1. The molecule has 25 heavy (non-hydrogen) atoms. The highest BCUT2D eigenvalue weighted by Gasteiger charge is 2.42. The number of piperidine rings is 1. The van der Waals surface area contributed by atoms with E-state index in [0.717, 1.165) is 31.7 Å². The fourth-order valence-corrected chi connectivity index (χ4v) is 3.72. The summed E-state index contributed by atoms with van der Waals surface area (Å²) in [5, 5.41) is 2.87. The van der Waals surface area contributed by atoms with E-state index >= 15 is 0 Å². The summed E-state index contributed by atoms with van der Waals surface area (Å²) < 4.78 is 5.89. The van der Waals surface area contributed by atoms with Gasteiger partial charge in [0, 0.05) is 44.3 Å². The molecule has 0 bridgehead atoms. The Kier molecular flexibility index (Phi) is 4.67. The SMILES string of the molecule is O=C(Nc1cnccn1)[C@H]1C[C@H]2OCC[C@H]2N(Cc2ccccn2)C1. The van der Waals surface area contributed by atoms with Gasteiger partial charge in [0.05, 0.1) is 23.9 Å². The monoisotopic (exact) mass is 339 g/mol. The summed E-state index contributed by atoms with van der Waals surface area (Å²) in [6.07, 6.45) is 8.38. The predicted octanol–water partition coefficient (Wildman–Crippen LogP) is 1.49. The molecule has 2 saturated heterocycles. The lowest BCUT2D eigenvalue weighted by Crippen LogP contribution is -2.51. The second-order valence-corrected chi connectivity index (χ2v) is 6.53. The van der Waals surface area contributed by atoms with Gasteiger partial charge in [0.15, 0.2) is 5.82 Å². The van der Waals surface area contributed by atoms with Crippen LogP contribution in [0.2, 0.25) is 0 Å². The van der Waals surface area contributed by atoms with Gasteiger partial charge in [0.25, 0.3) is 0 Å². The van der Waals surface area contributed by atoms with Crippen molar-refractivity contribution < 1.29 is 9.53 Å². The van der Waals surface area contributed by atoms with Crippen LogP contribution >= 0.6 is 0 Å². The number of amides is 1. The van der Waals surface area contributed by atoms with Crippen LogP contribution in [0.4, 0.5) is 5.82 Å². The van der Waals surface area contributed by atoms with Crippen molar-refractivity contribution in [3.63, 3.8) is 0 Å². The highest BCUT2D eigenvalue weighted by atomic mass is 16.5. The fourth-order valence-electron chi connectivity index (χ4n) is 3.72. The Morgan fingerprint density at radius 1 is 1.28 bits per heavy atom. The lowest BCUT2D eigenvalue weighted by molar-refractivity contribution is -0.124. The molecule has 0 radical (unpaired) electrons. The summed E-state index contributed by atoms with van der Waals surface area (Å²) in [6.45, 7) is 2.19. The second kappa shape index (κ2) is 7.25. The van der Waals surface area contributed by atoms with Crippen molar-refractivity contribution in [3.8, 4) is 0 Å². The Morgan fingerprint density at radius 3 is 3.04 bits per heavy atom. The maximum absolute atomic E-state index is 12.7. The van der Waals surface area contributed by atoms with E-state index in [1.54, 1.807) is 24.8 Å². The number of hydrogen-bond donors (Lipinski definition) is 1. The van der Waals surface area contributed by atoms with Crippen molar-refractivity contribution in [2.24, 2.45) is 5.92 Å². The number of rotatable bonds is 4. The van der Waals surface area contributed by atoms with Crippen molar-refractivity contribution in [1.82, 2.24) is 19.9 Å². The van der Waals surface area contributed by atoms with Crippen LogP contribution < -0.4 is 5.32 Å². The van der Waals surface area contributed by atoms with Crippen molar-refractivity contribution in [2.75, 3.05) is 18.5 Å². The molecule has 2 aliphatic rings. The normalized spacial score (nSPS) is 26.2. The molecule has 0 aromatic carbocycles. The number of nitrogens with zero attached hydrogens (tertiary/aromatic N) is 4. The van der Waals surface area contributed by atoms with E-state index in [2.05, 4.69) is 25.2 Å². The maximum atomic E-state index is 12.7. The van der Waals surface area contributed by atoms with Gasteiger partial charge in [0.1, 0.15) is 0 Å². The molecule has 2 fully saturated rings. The molecule has 0 saturated carbocycles. The van der Waals surface area contributed by atoms with Crippen molar-refractivity contribution in [2.45, 2.75) is 31.5 Å². The number of ether oxygens (including phenoxy) is 1. The highest BCUT2D eigenvalue weighted by molar-refractivity contribution is 5.91. The van der Waals surface area contributed by atoms with Gasteiger partial charge in [-0.05, 0) is 25.0 Å². The minimum atomic E-state index is -0.134. The van der Waals surface area contributed by atoms with Gasteiger partial charge in [-0.25, -0.2) is 4.98 Å². The zero-order valence-electron chi connectivity index (χ0n) is 13.9. The van der Waals surface area contributed by atoms with Gasteiger partial charge < -0.3 is 10.1 Å². The molecule has 0 unspecified atom stereocenters. The van der Waals surface area contributed by atoms with E-state index in [9.17, 15) is 4.79 Å². The fraction of sp³-hybridized carbons (Fsp3) is 0.444. The summed E-state index contributed by atoms with van der Waals surface area (Å²) in [6, 6.07) is 6.29. The third kappa shape index (κ3) is 3.67. The molecule has 130 valence electrons. The Balaban J connectivity index is 1.47. The average Bonchev–Trinajstić information content (AvgIpc) is 3.12. The van der Waals surface area contributed by atoms with E-state index in [-0.39, 0.29) is 17.9 Å². The van der Waals surface area contributed by atoms with Gasteiger partial charge >= 0.3 is 0 Å². The number of pyridine rings is 1. The van der Waals surface area contributed by atoms with E-state index in [4.69, 9.17) is 4.74 Å². The molecule has 0 aliphatic carbocycles. The number of aromatic nitrogens is 3. The summed E-state index contributed by atoms with van der Waals surface area (Å²) in [5.74, 6) is 0.323. The lowest BCUT2D eigenvalue weighted by atomic mass is 9.89. The molecule has 4 heterocycles. The smallest absolute Gasteiger partial charge is 0.230 e. The first-order valence-electron chi connectivity index (χ1n) is 8.62. The zero-order valence-corrected chi connectivity index (χ0v) is 13.9. The number of carbonyl (C=O) groups excluding carboxylic acids is 1. The first-order valence-corrected chi connectivity index (χ1v) is 8.62. The summed E-state index contributed by atoms with van der Waals surface area (Å²) in [7, 11) is 0. The first-order chi connectivity index (χ1) is 12.3. The molecular formula is C18H21N5O2. The van der Waals surface area contributed by atoms with Gasteiger partial charge in [-0.1, -0.05) is 6.07 Å². The highest BCUT2D eigenvalue weighted by Crippen LogP contribution is 2.32. The van der Waals surface area contributed by atoms with Gasteiger partial charge in [-0.3, -0.25) is 19.7 Å². The average molecular weight is 339 g/mol. The van der Waals surface area contributed by atoms with E-state index in [0.29, 0.717) is 18.4 Å². The van der Waals surface area contributed by atoms with Crippen molar-refractivity contribution in [1.29, 1.82) is 0 Å². The Hall–Kier alpha value is -2.38. The lowest BCUT2D eigenvalue weighted by Gasteiger charge is -2.40. The number of nitrogens with one attached hydrogen (secondary N) is 1. The quantitative estimate of drug-likeness (QED) is 0.909. The third-order valence-electron chi connectivity index (χ3n) is 4.89. The van der Waals surface area contributed by atoms with Crippen LogP contribution in [0.5, 0.6) is 0 Å². The summed E-state index contributed by atoms with van der Waals surface area (Å²) in [4.78, 5) is 27.5. The van der Waals surface area contributed by atoms with Crippen LogP contribution in [0.3, 0.4) is 0 Å². The van der Waals surface area contributed by atoms with Crippen LogP contribution in [0, 0.1) is 5.92 Å². The number of anilines is 1. The Morgan fingerprint density at radius 2 is 2.24 bits per heavy atom. The minimum Gasteiger partial charge on any atom is -0.377 e. The standard InChI is InChI=1S/C18H21N5O2/c24-18(22-17-10-19-6-7-21-17)13-9-16-15(4-8-25-16)23(11-13)12-14-3-1-2-5-20-14/h1-3,5-7,10,13,15-16H,4,8-9,11-12H2,(H,21,22,24)/t13-,15+,16+/m0/s1. The van der Waals surface area contributed by atoms with E-state index < -0.39 is 0 Å². The number of carbonyl (C=O) groups is 1. The van der Waals surface area contributed by atoms with Crippen LogP contribution in [-0.4, -0.2) is 51.1 Å². The van der Waals surface area contributed by atoms with Gasteiger partial charge in [-0.2, -0.15) is 0 Å². The molecule has 0 spiro atoms. The van der Waals surface area contributed by atoms with Crippen LogP contribution in [0.1, 0.15) is 18.5 Å². The predicted molar refractivity (Wildman–Crippen MR) is 91.6 cm³/mol. The van der Waals surface area contributed by atoms with E-state index in [1.807, 2.05) is 18.2 Å². The molecule has 1 N–H and O–H groups in total. The maximum Gasteiger partial charge on any atom is 0.230 e. The summed E-state index contributed by atoms with van der Waals surface area (Å²) >= 11 is 0. The Labute approximate surface area is 146 Å². The molecule has 2 aromatic rings. The van der Waals surface area contributed by atoms with Crippen LogP contribution in [0.25, 0.3) is 0 Å². The molecule has 4 rings (SSSR count). The van der Waals surface area contributed by atoms with Crippen molar-refractivity contribution >= 4 is 11.7 Å². The molecule has 2 aromatic heterocycles. The van der Waals surface area contributed by atoms with Crippen molar-refractivity contribution in [3.05, 3.63) is 48.7 Å². The molecule has 7 heteroatoms. The number of fused-ring (bicyclic) bond motifs is 1. The molecule has 7 nitrogen and oxygen atoms in total. The summed E-state index contributed by atoms with van der Waals surface area (Å²) in [5.41, 5.74) is 1.02. The topological polar surface area (TPSA) is 80.2 Å². The van der Waals surface area contributed by atoms with E-state index in [1.165, 1.54) is 0 Å². The second-order valence-electron chi connectivity index (χ2n) is 6.53. The zero-order chi connectivity index (χ0) is 17.1.